The summed E-state index contributed by atoms with van der Waals surface area (Å²) in [5, 5.41) is 2.36. The van der Waals surface area contributed by atoms with Gasteiger partial charge < -0.3 is 9.64 Å². The molecular formula is C21H27FN2O4. The number of amides is 3. The fraction of sp³-hybridized carbons (Fsp3) is 0.571. The minimum atomic E-state index is -1.39. The van der Waals surface area contributed by atoms with Crippen LogP contribution in [0.4, 0.5) is 9.18 Å². The predicted molar refractivity (Wildman–Crippen MR) is 102 cm³/mol. The molecule has 1 N–H and O–H groups in total. The molecule has 3 rings (SSSR count). The van der Waals surface area contributed by atoms with Crippen LogP contribution in [0.25, 0.3) is 0 Å². The maximum atomic E-state index is 14.8. The summed E-state index contributed by atoms with van der Waals surface area (Å²) in [6.45, 7) is 5.45. The van der Waals surface area contributed by atoms with E-state index >= 15 is 0 Å². The minimum Gasteiger partial charge on any atom is -0.444 e. The first-order valence-electron chi connectivity index (χ1n) is 9.64. The second kappa shape index (κ2) is 7.53. The molecule has 2 heterocycles. The second-order valence-corrected chi connectivity index (χ2v) is 8.73. The Morgan fingerprint density at radius 2 is 1.89 bits per heavy atom. The van der Waals surface area contributed by atoms with Crippen LogP contribution in [0.15, 0.2) is 24.3 Å². The van der Waals surface area contributed by atoms with Gasteiger partial charge in [-0.1, -0.05) is 24.3 Å². The number of carbonyl (C=O) groups is 3. The fourth-order valence-corrected chi connectivity index (χ4v) is 3.55. The first-order chi connectivity index (χ1) is 13.0. The summed E-state index contributed by atoms with van der Waals surface area (Å²) in [5.74, 6) is -0.802. The van der Waals surface area contributed by atoms with Gasteiger partial charge in [0.25, 0.3) is 0 Å². The zero-order valence-electron chi connectivity index (χ0n) is 16.6. The molecule has 2 aliphatic rings. The number of ether oxygens (including phenoxy) is 1. The van der Waals surface area contributed by atoms with Gasteiger partial charge in [0.05, 0.1) is 19.0 Å². The van der Waals surface area contributed by atoms with E-state index < -0.39 is 17.4 Å². The number of carbonyl (C=O) groups excluding carboxylic acids is 3. The van der Waals surface area contributed by atoms with E-state index in [1.165, 1.54) is 4.90 Å². The second-order valence-electron chi connectivity index (χ2n) is 8.73. The van der Waals surface area contributed by atoms with Crippen LogP contribution in [0.5, 0.6) is 0 Å². The van der Waals surface area contributed by atoms with Gasteiger partial charge in [-0.2, -0.15) is 0 Å². The van der Waals surface area contributed by atoms with E-state index in [9.17, 15) is 18.8 Å². The van der Waals surface area contributed by atoms with Crippen LogP contribution in [0, 0.1) is 0 Å². The smallest absolute Gasteiger partial charge is 0.410 e. The Balaban J connectivity index is 1.49. The Morgan fingerprint density at radius 3 is 2.46 bits per heavy atom. The van der Waals surface area contributed by atoms with Crippen molar-refractivity contribution >= 4 is 17.9 Å². The van der Waals surface area contributed by atoms with Gasteiger partial charge in [0.2, 0.25) is 11.8 Å². The highest BCUT2D eigenvalue weighted by Gasteiger charge is 2.46. The van der Waals surface area contributed by atoms with Gasteiger partial charge in [-0.15, -0.1) is 0 Å². The number of benzene rings is 1. The van der Waals surface area contributed by atoms with E-state index in [-0.39, 0.29) is 30.8 Å². The van der Waals surface area contributed by atoms with E-state index in [2.05, 4.69) is 5.32 Å². The van der Waals surface area contributed by atoms with Crippen molar-refractivity contribution in [3.05, 3.63) is 35.4 Å². The number of piperidine rings is 1. The Labute approximate surface area is 164 Å². The van der Waals surface area contributed by atoms with E-state index in [0.717, 1.165) is 11.1 Å². The van der Waals surface area contributed by atoms with Crippen molar-refractivity contribution in [1.82, 2.24) is 10.2 Å². The van der Waals surface area contributed by atoms with Crippen molar-refractivity contribution < 1.29 is 23.5 Å². The monoisotopic (exact) mass is 390 g/mol. The van der Waals surface area contributed by atoms with Crippen molar-refractivity contribution in [2.75, 3.05) is 13.1 Å². The number of rotatable bonds is 4. The lowest BCUT2D eigenvalue weighted by molar-refractivity contribution is -0.134. The molecule has 6 nitrogen and oxygen atoms in total. The maximum absolute atomic E-state index is 14.8. The normalized spacial score (nSPS) is 21.7. The number of imide groups is 1. The van der Waals surface area contributed by atoms with Gasteiger partial charge in [-0.25, -0.2) is 9.18 Å². The first kappa shape index (κ1) is 20.3. The van der Waals surface area contributed by atoms with Crippen LogP contribution in [0.3, 0.4) is 0 Å². The maximum Gasteiger partial charge on any atom is 0.410 e. The molecule has 0 saturated carbocycles. The van der Waals surface area contributed by atoms with Crippen molar-refractivity contribution in [2.45, 2.75) is 63.6 Å². The Bertz CT molecular complexity index is 764. The number of hydrogen-bond donors (Lipinski definition) is 1. The molecule has 2 aliphatic heterocycles. The lowest BCUT2D eigenvalue weighted by atomic mass is 9.87. The van der Waals surface area contributed by atoms with Gasteiger partial charge in [-0.3, -0.25) is 14.9 Å². The molecule has 1 atom stereocenters. The summed E-state index contributed by atoms with van der Waals surface area (Å²) in [6.07, 6.45) is 1.25. The standard InChI is InChI=1S/C21H27FN2O4/c1-20(2,3)28-19(27)24-12-21(22,13-24)11-10-14-4-6-15(7-5-14)16-8-9-17(25)23-18(16)26/h4-7,16H,8-13H2,1-3H3,(H,23,25,26). The van der Waals surface area contributed by atoms with Crippen molar-refractivity contribution in [3.8, 4) is 0 Å². The average molecular weight is 390 g/mol. The molecule has 7 heteroatoms. The SMILES string of the molecule is CC(C)(C)OC(=O)N1CC(F)(CCc2ccc(C3CCC(=O)NC3=O)cc2)C1. The number of aryl methyl sites for hydroxylation is 1. The van der Waals surface area contributed by atoms with Crippen LogP contribution in [-0.4, -0.2) is 47.2 Å². The van der Waals surface area contributed by atoms with Gasteiger partial charge in [0.1, 0.15) is 11.3 Å². The molecular weight excluding hydrogens is 363 g/mol. The van der Waals surface area contributed by atoms with Crippen LogP contribution in [-0.2, 0) is 20.7 Å². The zero-order chi connectivity index (χ0) is 20.5. The summed E-state index contributed by atoms with van der Waals surface area (Å²) >= 11 is 0. The molecule has 0 spiro atoms. The predicted octanol–water partition coefficient (Wildman–Crippen LogP) is 3.10. The summed E-state index contributed by atoms with van der Waals surface area (Å²) in [4.78, 5) is 36.5. The van der Waals surface area contributed by atoms with Gasteiger partial charge >= 0.3 is 6.09 Å². The number of halogens is 1. The molecule has 1 aromatic rings. The molecule has 0 aliphatic carbocycles. The first-order valence-corrected chi connectivity index (χ1v) is 9.64. The third kappa shape index (κ3) is 4.88. The van der Waals surface area contributed by atoms with Gasteiger partial charge in [0.15, 0.2) is 0 Å². The zero-order valence-corrected chi connectivity index (χ0v) is 16.6. The van der Waals surface area contributed by atoms with Gasteiger partial charge in [0, 0.05) is 6.42 Å². The van der Waals surface area contributed by atoms with Crippen LogP contribution >= 0.6 is 0 Å². The average Bonchev–Trinajstić information content (AvgIpc) is 2.56. The Kier molecular flexibility index (Phi) is 5.46. The molecule has 28 heavy (non-hydrogen) atoms. The molecule has 1 aromatic carbocycles. The highest BCUT2D eigenvalue weighted by molar-refractivity contribution is 6.00. The van der Waals surface area contributed by atoms with E-state index in [1.807, 2.05) is 24.3 Å². The largest absolute Gasteiger partial charge is 0.444 e. The van der Waals surface area contributed by atoms with E-state index in [4.69, 9.17) is 4.74 Å². The van der Waals surface area contributed by atoms with Crippen LogP contribution < -0.4 is 5.32 Å². The van der Waals surface area contributed by atoms with Crippen molar-refractivity contribution in [3.63, 3.8) is 0 Å². The fourth-order valence-electron chi connectivity index (χ4n) is 3.55. The molecule has 2 fully saturated rings. The number of nitrogens with zero attached hydrogens (tertiary/aromatic N) is 1. The quantitative estimate of drug-likeness (QED) is 0.802. The van der Waals surface area contributed by atoms with E-state index in [1.54, 1.807) is 20.8 Å². The highest BCUT2D eigenvalue weighted by Crippen LogP contribution is 2.32. The highest BCUT2D eigenvalue weighted by atomic mass is 19.1. The lowest BCUT2D eigenvalue weighted by Crippen LogP contribution is -2.61. The number of likely N-dealkylation sites (tertiary alicyclic amines) is 1. The molecule has 0 radical (unpaired) electrons. The molecule has 1 unspecified atom stereocenters. The summed E-state index contributed by atoms with van der Waals surface area (Å²) in [5.41, 5.74) is -0.137. The Morgan fingerprint density at radius 1 is 1.25 bits per heavy atom. The Hall–Kier alpha value is -2.44. The number of nitrogens with one attached hydrogen (secondary N) is 1. The molecule has 0 bridgehead atoms. The third-order valence-electron chi connectivity index (χ3n) is 5.08. The number of alkyl halides is 1. The van der Waals surface area contributed by atoms with Crippen LogP contribution in [0.1, 0.15) is 57.1 Å². The number of hydrogen-bond acceptors (Lipinski definition) is 4. The molecule has 0 aromatic heterocycles. The van der Waals surface area contributed by atoms with Crippen molar-refractivity contribution in [2.24, 2.45) is 0 Å². The third-order valence-corrected chi connectivity index (χ3v) is 5.08. The van der Waals surface area contributed by atoms with Crippen LogP contribution in [0.2, 0.25) is 0 Å². The van der Waals surface area contributed by atoms with Crippen molar-refractivity contribution in [1.29, 1.82) is 0 Å². The van der Waals surface area contributed by atoms with E-state index in [0.29, 0.717) is 25.7 Å². The topological polar surface area (TPSA) is 75.7 Å². The summed E-state index contributed by atoms with van der Waals surface area (Å²) in [7, 11) is 0. The van der Waals surface area contributed by atoms with Gasteiger partial charge in [-0.05, 0) is 51.2 Å². The summed E-state index contributed by atoms with van der Waals surface area (Å²) < 4.78 is 20.0. The lowest BCUT2D eigenvalue weighted by Gasteiger charge is -2.44. The summed E-state index contributed by atoms with van der Waals surface area (Å²) in [6, 6.07) is 7.53. The molecule has 2 saturated heterocycles. The minimum absolute atomic E-state index is 0.0519. The molecule has 152 valence electrons. The molecule has 3 amide bonds.